The Labute approximate surface area is 303 Å². The van der Waals surface area contributed by atoms with Crippen molar-refractivity contribution in [2.45, 2.75) is 23.6 Å². The quantitative estimate of drug-likeness (QED) is 0.0964. The van der Waals surface area contributed by atoms with Gasteiger partial charge < -0.3 is 18.6 Å². The van der Waals surface area contributed by atoms with Crippen molar-refractivity contribution in [1.82, 2.24) is 9.78 Å². The first-order chi connectivity index (χ1) is 20.3. The molecule has 4 rings (SSSR count). The number of hydrogen-bond donors (Lipinski definition) is 1. The predicted octanol–water partition coefficient (Wildman–Crippen LogP) is -3.73. The van der Waals surface area contributed by atoms with E-state index in [0.717, 1.165) is 34.0 Å². The summed E-state index contributed by atoms with van der Waals surface area (Å²) in [5.41, 5.74) is 0.248. The number of aromatic nitrogens is 2. The zero-order valence-corrected chi connectivity index (χ0v) is 30.3. The molecule has 0 radical (unpaired) electrons. The van der Waals surface area contributed by atoms with E-state index in [1.165, 1.54) is 48.6 Å². The van der Waals surface area contributed by atoms with Gasteiger partial charge in [0.25, 0.3) is 11.5 Å². The molecule has 1 aromatic heterocycles. The number of ether oxygens (including phenoxy) is 2. The second-order valence-electron chi connectivity index (χ2n) is 8.60. The molecule has 45 heavy (non-hydrogen) atoms. The number of aromatic amines is 1. The van der Waals surface area contributed by atoms with Crippen LogP contribution in [0.4, 0.5) is 5.69 Å². The van der Waals surface area contributed by atoms with Gasteiger partial charge >= 0.3 is 59.1 Å². The number of hydrogen-bond acceptors (Lipinski definition) is 11. The molecule has 0 saturated heterocycles. The van der Waals surface area contributed by atoms with Crippen LogP contribution in [0.2, 0.25) is 0 Å². The summed E-state index contributed by atoms with van der Waals surface area (Å²) in [6.45, 7) is 3.88. The maximum atomic E-state index is 13.1. The maximum absolute atomic E-state index is 13.1. The third kappa shape index (κ3) is 9.16. The fraction of sp³-hybridized carbons (Fsp3) is 0.148. The predicted molar refractivity (Wildman–Crippen MR) is 153 cm³/mol. The Kier molecular flexibility index (Phi) is 13.8. The summed E-state index contributed by atoms with van der Waals surface area (Å²) in [6, 6.07) is 9.49. The van der Waals surface area contributed by atoms with Gasteiger partial charge in [0.15, 0.2) is 0 Å². The molecule has 18 heteroatoms. The second kappa shape index (κ2) is 16.2. The van der Waals surface area contributed by atoms with Gasteiger partial charge in [-0.2, -0.15) is 5.01 Å². The minimum Gasteiger partial charge on any atom is -0.744 e. The Bertz CT molecular complexity index is 1930. The number of hydrazone groups is 1. The van der Waals surface area contributed by atoms with Gasteiger partial charge in [-0.25, -0.2) is 21.5 Å². The van der Waals surface area contributed by atoms with E-state index in [1.54, 1.807) is 19.9 Å². The van der Waals surface area contributed by atoms with Crippen LogP contribution in [0.25, 0.3) is 11.8 Å². The first-order valence-corrected chi connectivity index (χ1v) is 15.4. The number of allylic oxidation sites excluding steroid dienone is 4. The maximum Gasteiger partial charge on any atom is 1.00 e. The number of nitrogens with one attached hydrogen (secondary N) is 1. The molecule has 0 atom stereocenters. The van der Waals surface area contributed by atoms with Crippen LogP contribution in [0.15, 0.2) is 98.1 Å². The molecule has 0 saturated carbocycles. The number of amides is 1. The van der Waals surface area contributed by atoms with Gasteiger partial charge in [0, 0.05) is 0 Å². The fourth-order valence-corrected chi connectivity index (χ4v) is 4.79. The first kappa shape index (κ1) is 38.4. The molecule has 1 aliphatic rings. The summed E-state index contributed by atoms with van der Waals surface area (Å²) in [5, 5.41) is 7.97. The molecule has 226 valence electrons. The Morgan fingerprint density at radius 3 is 1.84 bits per heavy atom. The van der Waals surface area contributed by atoms with Gasteiger partial charge in [-0.3, -0.25) is 14.7 Å². The van der Waals surface area contributed by atoms with Crippen LogP contribution in [0, 0.1) is 0 Å². The third-order valence-corrected chi connectivity index (χ3v) is 7.51. The van der Waals surface area contributed by atoms with Gasteiger partial charge in [-0.05, 0) is 74.5 Å². The molecule has 14 nitrogen and oxygen atoms in total. The number of anilines is 1. The van der Waals surface area contributed by atoms with Crippen molar-refractivity contribution < 1.29 is 99.3 Å². The van der Waals surface area contributed by atoms with Crippen molar-refractivity contribution in [3.63, 3.8) is 0 Å². The molecule has 0 bridgehead atoms. The van der Waals surface area contributed by atoms with Crippen molar-refractivity contribution in [3.05, 3.63) is 94.3 Å². The van der Waals surface area contributed by atoms with E-state index in [0.29, 0.717) is 0 Å². The van der Waals surface area contributed by atoms with E-state index in [2.05, 4.69) is 10.2 Å². The number of rotatable bonds is 10. The van der Waals surface area contributed by atoms with E-state index in [9.17, 15) is 35.5 Å². The number of H-pyrrole nitrogens is 1. The van der Waals surface area contributed by atoms with Crippen molar-refractivity contribution in [3.8, 4) is 11.6 Å². The van der Waals surface area contributed by atoms with Gasteiger partial charge in [-0.15, -0.1) is 5.10 Å². The SMILES string of the molecule is CCOC1=NN(c2ccc(S(=O)(=O)[O-])cc2)C(=O)\C1=C/C=C/C=C/c1c(OCC)[nH]n(-c2ccc(S(=O)(=O)[O-])cc2)c1=O.[Na+].[Na+]. The standard InChI is InChI=1S/C27H26N4O10S2.2Na/c1-3-40-24-22(26(32)30(28-24)18-10-14-20(15-11-18)42(34,35)36)8-6-5-7-9-23-25(41-4-2)29-31(27(23)33)19-12-16-21(17-13-19)43(37,38)39;;/h5-17,28H,3-4H2,1-2H3,(H,34,35,36)(H,37,38,39);;/q;2*+1/p-2/b7-5+,8-6+,23-9-;;. The molecule has 2 heterocycles. The molecule has 2 aromatic carbocycles. The summed E-state index contributed by atoms with van der Waals surface area (Å²) in [4.78, 5) is 25.2. The summed E-state index contributed by atoms with van der Waals surface area (Å²) >= 11 is 0. The van der Waals surface area contributed by atoms with Crippen molar-refractivity contribution in [2.24, 2.45) is 5.10 Å². The summed E-state index contributed by atoms with van der Waals surface area (Å²) < 4.78 is 79.3. The monoisotopic (exact) mass is 674 g/mol. The van der Waals surface area contributed by atoms with Gasteiger partial charge in [-0.1, -0.05) is 18.2 Å². The fourth-order valence-electron chi connectivity index (χ4n) is 3.85. The van der Waals surface area contributed by atoms with Crippen molar-refractivity contribution in [1.29, 1.82) is 0 Å². The Hall–Kier alpha value is -2.77. The Morgan fingerprint density at radius 2 is 1.33 bits per heavy atom. The normalized spacial score (nSPS) is 14.5. The van der Waals surface area contributed by atoms with Crippen molar-refractivity contribution >= 4 is 43.8 Å². The zero-order valence-electron chi connectivity index (χ0n) is 24.7. The zero-order chi connectivity index (χ0) is 31.4. The van der Waals surface area contributed by atoms with Gasteiger partial charge in [0.2, 0.25) is 11.8 Å². The topological polar surface area (TPSA) is 203 Å². The van der Waals surface area contributed by atoms with Gasteiger partial charge in [0.1, 0.15) is 31.4 Å². The van der Waals surface area contributed by atoms with Crippen LogP contribution in [-0.4, -0.2) is 60.7 Å². The smallest absolute Gasteiger partial charge is 0.744 e. The third-order valence-electron chi connectivity index (χ3n) is 5.81. The van der Waals surface area contributed by atoms with Gasteiger partial charge in [0.05, 0.1) is 34.4 Å². The first-order valence-electron chi connectivity index (χ1n) is 12.6. The molecule has 1 amide bonds. The van der Waals surface area contributed by atoms with E-state index < -0.39 is 41.5 Å². The van der Waals surface area contributed by atoms with Crippen LogP contribution in [-0.2, 0) is 29.8 Å². The minimum atomic E-state index is -4.65. The molecular formula is C27H24N4Na2O10S2. The van der Waals surface area contributed by atoms with Crippen LogP contribution in [0.1, 0.15) is 19.4 Å². The number of nitrogens with zero attached hydrogens (tertiary/aromatic N) is 3. The Balaban J connectivity index is 0.00000353. The summed E-state index contributed by atoms with van der Waals surface area (Å²) in [5.74, 6) is -0.374. The Morgan fingerprint density at radius 1 is 0.800 bits per heavy atom. The van der Waals surface area contributed by atoms with Crippen LogP contribution < -0.4 is 74.4 Å². The van der Waals surface area contributed by atoms with E-state index in [-0.39, 0.29) is 107 Å². The van der Waals surface area contributed by atoms with E-state index in [1.807, 2.05) is 0 Å². The molecule has 3 aromatic rings. The second-order valence-corrected chi connectivity index (χ2v) is 11.4. The molecule has 1 aliphatic heterocycles. The number of carbonyl (C=O) groups is 1. The van der Waals surface area contributed by atoms with E-state index >= 15 is 0 Å². The molecule has 0 unspecified atom stereocenters. The largest absolute Gasteiger partial charge is 1.00 e. The number of carbonyl (C=O) groups excluding carboxylic acids is 1. The molecule has 1 N–H and O–H groups in total. The van der Waals surface area contributed by atoms with E-state index in [4.69, 9.17) is 9.47 Å². The minimum absolute atomic E-state index is 0. The summed E-state index contributed by atoms with van der Waals surface area (Å²) in [6.07, 6.45) is 7.50. The average molecular weight is 675 g/mol. The summed E-state index contributed by atoms with van der Waals surface area (Å²) in [7, 11) is -9.30. The van der Waals surface area contributed by atoms with Crippen molar-refractivity contribution in [2.75, 3.05) is 18.2 Å². The number of benzene rings is 2. The van der Waals surface area contributed by atoms with Crippen LogP contribution in [0.5, 0.6) is 5.88 Å². The molecule has 0 spiro atoms. The average Bonchev–Trinajstić information content (AvgIpc) is 3.43. The van der Waals surface area contributed by atoms with Crippen LogP contribution in [0.3, 0.4) is 0 Å². The molecule has 0 aliphatic carbocycles. The molecule has 0 fully saturated rings. The van der Waals surface area contributed by atoms with Crippen LogP contribution >= 0.6 is 0 Å². The molecular weight excluding hydrogens is 650 g/mol.